The van der Waals surface area contributed by atoms with Crippen LogP contribution in [0, 0.1) is 6.92 Å². The van der Waals surface area contributed by atoms with E-state index in [9.17, 15) is 0 Å². The van der Waals surface area contributed by atoms with E-state index in [0.717, 1.165) is 25.7 Å². The molecule has 2 nitrogen and oxygen atoms in total. The quantitative estimate of drug-likeness (QED) is 0.753. The third-order valence-electron chi connectivity index (χ3n) is 4.39. The molecule has 114 valence electrons. The van der Waals surface area contributed by atoms with Gasteiger partial charge in [-0.05, 0) is 57.3 Å². The fourth-order valence-electron chi connectivity index (χ4n) is 3.17. The van der Waals surface area contributed by atoms with Crippen molar-refractivity contribution in [2.45, 2.75) is 72.0 Å². The van der Waals surface area contributed by atoms with Gasteiger partial charge in [0.25, 0.3) is 0 Å². The van der Waals surface area contributed by atoms with Gasteiger partial charge in [0.2, 0.25) is 0 Å². The summed E-state index contributed by atoms with van der Waals surface area (Å²) < 4.78 is 0. The number of rotatable bonds is 7. The molecule has 0 aliphatic carbocycles. The highest BCUT2D eigenvalue weighted by atomic mass is 32.1. The van der Waals surface area contributed by atoms with Gasteiger partial charge in [-0.15, -0.1) is 11.3 Å². The largest absolute Gasteiger partial charge is 0.312 e. The molecule has 2 rings (SSSR count). The highest BCUT2D eigenvalue weighted by Crippen LogP contribution is 2.27. The predicted octanol–water partition coefficient (Wildman–Crippen LogP) is 4.32. The van der Waals surface area contributed by atoms with Crippen molar-refractivity contribution in [2.75, 3.05) is 13.1 Å². The van der Waals surface area contributed by atoms with Gasteiger partial charge >= 0.3 is 0 Å². The van der Waals surface area contributed by atoms with E-state index in [0.29, 0.717) is 0 Å². The Labute approximate surface area is 128 Å². The molecule has 2 heterocycles. The Kier molecular flexibility index (Phi) is 6.53. The maximum atomic E-state index is 3.51. The summed E-state index contributed by atoms with van der Waals surface area (Å²) in [6.07, 6.45) is 6.70. The number of hydrogen-bond acceptors (Lipinski definition) is 3. The van der Waals surface area contributed by atoms with Crippen LogP contribution in [-0.2, 0) is 13.1 Å². The van der Waals surface area contributed by atoms with Crippen molar-refractivity contribution < 1.29 is 0 Å². The van der Waals surface area contributed by atoms with Crippen LogP contribution in [-0.4, -0.2) is 24.0 Å². The average molecular weight is 295 g/mol. The Balaban J connectivity index is 1.94. The normalized spacial score (nSPS) is 20.4. The van der Waals surface area contributed by atoms with Crippen molar-refractivity contribution in [3.05, 3.63) is 21.4 Å². The summed E-state index contributed by atoms with van der Waals surface area (Å²) in [4.78, 5) is 5.72. The second-order valence-corrected chi connectivity index (χ2v) is 7.34. The monoisotopic (exact) mass is 294 g/mol. The molecule has 1 aliphatic rings. The topological polar surface area (TPSA) is 15.3 Å². The number of hydrogen-bond donors (Lipinski definition) is 1. The lowest BCUT2D eigenvalue weighted by atomic mass is 9.99. The molecule has 0 radical (unpaired) electrons. The van der Waals surface area contributed by atoms with E-state index in [1.807, 2.05) is 11.3 Å². The van der Waals surface area contributed by atoms with Crippen molar-refractivity contribution in [1.82, 2.24) is 10.2 Å². The first kappa shape index (κ1) is 16.0. The standard InChI is InChI=1S/C17H30N2S/c1-4-9-18-12-17-11-15(14(3)20-17)13-19-10-7-6-8-16(19)5-2/h11,16,18H,4-10,12-13H2,1-3H3. The van der Waals surface area contributed by atoms with E-state index < -0.39 is 0 Å². The van der Waals surface area contributed by atoms with E-state index in [4.69, 9.17) is 0 Å². The summed E-state index contributed by atoms with van der Waals surface area (Å²) >= 11 is 1.97. The Morgan fingerprint density at radius 2 is 2.20 bits per heavy atom. The fourth-order valence-corrected chi connectivity index (χ4v) is 4.19. The molecule has 1 aliphatic heterocycles. The number of aryl methyl sites for hydroxylation is 1. The first-order chi connectivity index (χ1) is 9.74. The Morgan fingerprint density at radius 1 is 1.35 bits per heavy atom. The summed E-state index contributed by atoms with van der Waals surface area (Å²) in [5, 5.41) is 3.51. The zero-order valence-corrected chi connectivity index (χ0v) is 14.2. The van der Waals surface area contributed by atoms with E-state index in [-0.39, 0.29) is 0 Å². The lowest BCUT2D eigenvalue weighted by Crippen LogP contribution is -2.38. The molecule has 1 aromatic heterocycles. The molecule has 1 fully saturated rings. The lowest BCUT2D eigenvalue weighted by molar-refractivity contribution is 0.136. The maximum Gasteiger partial charge on any atom is 0.0299 e. The number of nitrogens with one attached hydrogen (secondary N) is 1. The minimum atomic E-state index is 0.810. The number of likely N-dealkylation sites (tertiary alicyclic amines) is 1. The molecule has 1 aromatic rings. The van der Waals surface area contributed by atoms with Gasteiger partial charge in [0.1, 0.15) is 0 Å². The van der Waals surface area contributed by atoms with Gasteiger partial charge in [-0.2, -0.15) is 0 Å². The molecule has 20 heavy (non-hydrogen) atoms. The van der Waals surface area contributed by atoms with Gasteiger partial charge in [0.15, 0.2) is 0 Å². The SMILES string of the molecule is CCCNCc1cc(CN2CCCCC2CC)c(C)s1. The molecule has 1 atom stereocenters. The number of nitrogens with zero attached hydrogens (tertiary/aromatic N) is 1. The van der Waals surface area contributed by atoms with Crippen molar-refractivity contribution >= 4 is 11.3 Å². The van der Waals surface area contributed by atoms with Crippen molar-refractivity contribution in [2.24, 2.45) is 0 Å². The minimum absolute atomic E-state index is 0.810. The molecule has 0 spiro atoms. The molecule has 1 unspecified atom stereocenters. The molecule has 0 amide bonds. The smallest absolute Gasteiger partial charge is 0.0299 e. The van der Waals surface area contributed by atoms with E-state index in [1.54, 1.807) is 5.56 Å². The first-order valence-corrected chi connectivity index (χ1v) is 9.09. The molecule has 0 aromatic carbocycles. The van der Waals surface area contributed by atoms with E-state index in [2.05, 4.69) is 37.1 Å². The molecule has 3 heteroatoms. The second kappa shape index (κ2) is 8.16. The van der Waals surface area contributed by atoms with Gasteiger partial charge in [-0.25, -0.2) is 0 Å². The highest BCUT2D eigenvalue weighted by Gasteiger charge is 2.21. The van der Waals surface area contributed by atoms with Crippen LogP contribution in [0.3, 0.4) is 0 Å². The van der Waals surface area contributed by atoms with E-state index in [1.165, 1.54) is 48.4 Å². The summed E-state index contributed by atoms with van der Waals surface area (Å²) in [5.41, 5.74) is 1.56. The van der Waals surface area contributed by atoms with Gasteiger partial charge in [-0.3, -0.25) is 4.90 Å². The molecular weight excluding hydrogens is 264 g/mol. The summed E-state index contributed by atoms with van der Waals surface area (Å²) in [5.74, 6) is 0. The van der Waals surface area contributed by atoms with Crippen LogP contribution in [0.25, 0.3) is 0 Å². The summed E-state index contributed by atoms with van der Waals surface area (Å²) in [6, 6.07) is 3.24. The van der Waals surface area contributed by atoms with Crippen LogP contribution >= 0.6 is 11.3 Å². The molecule has 0 bridgehead atoms. The van der Waals surface area contributed by atoms with Crippen LogP contribution in [0.1, 0.15) is 61.3 Å². The van der Waals surface area contributed by atoms with Crippen molar-refractivity contribution in [1.29, 1.82) is 0 Å². The van der Waals surface area contributed by atoms with Crippen molar-refractivity contribution in [3.8, 4) is 0 Å². The Bertz CT molecular complexity index is 400. The van der Waals surface area contributed by atoms with Crippen LogP contribution in [0.2, 0.25) is 0 Å². The first-order valence-electron chi connectivity index (χ1n) is 8.27. The summed E-state index contributed by atoms with van der Waals surface area (Å²) in [6.45, 7) is 11.5. The fraction of sp³-hybridized carbons (Fsp3) is 0.765. The number of piperidine rings is 1. The number of thiophene rings is 1. The predicted molar refractivity (Wildman–Crippen MR) is 89.4 cm³/mol. The Morgan fingerprint density at radius 3 is 2.95 bits per heavy atom. The minimum Gasteiger partial charge on any atom is -0.312 e. The van der Waals surface area contributed by atoms with Crippen LogP contribution < -0.4 is 5.32 Å². The van der Waals surface area contributed by atoms with Gasteiger partial charge in [0.05, 0.1) is 0 Å². The molecule has 1 saturated heterocycles. The van der Waals surface area contributed by atoms with Gasteiger partial charge in [-0.1, -0.05) is 20.3 Å². The van der Waals surface area contributed by atoms with Crippen LogP contribution in [0.5, 0.6) is 0 Å². The van der Waals surface area contributed by atoms with Crippen molar-refractivity contribution in [3.63, 3.8) is 0 Å². The van der Waals surface area contributed by atoms with Crippen LogP contribution in [0.15, 0.2) is 6.07 Å². The Hall–Kier alpha value is -0.380. The third-order valence-corrected chi connectivity index (χ3v) is 5.48. The van der Waals surface area contributed by atoms with Crippen LogP contribution in [0.4, 0.5) is 0 Å². The highest BCUT2D eigenvalue weighted by molar-refractivity contribution is 7.12. The summed E-state index contributed by atoms with van der Waals surface area (Å²) in [7, 11) is 0. The lowest BCUT2D eigenvalue weighted by Gasteiger charge is -2.35. The van der Waals surface area contributed by atoms with Gasteiger partial charge < -0.3 is 5.32 Å². The average Bonchev–Trinajstić information content (AvgIpc) is 2.80. The van der Waals surface area contributed by atoms with E-state index >= 15 is 0 Å². The zero-order valence-electron chi connectivity index (χ0n) is 13.4. The molecule has 1 N–H and O–H groups in total. The molecule has 0 saturated carbocycles. The second-order valence-electron chi connectivity index (χ2n) is 6.00. The third kappa shape index (κ3) is 4.31. The zero-order chi connectivity index (χ0) is 14.4. The molecular formula is C17H30N2S. The van der Waals surface area contributed by atoms with Gasteiger partial charge in [0, 0.05) is 28.9 Å². The maximum absolute atomic E-state index is 3.51.